The van der Waals surface area contributed by atoms with Gasteiger partial charge >= 0.3 is 0 Å². The van der Waals surface area contributed by atoms with Crippen LogP contribution in [-0.4, -0.2) is 5.91 Å². The second kappa shape index (κ2) is 5.86. The highest BCUT2D eigenvalue weighted by molar-refractivity contribution is 14.1. The molecule has 1 N–H and O–H groups in total. The first kappa shape index (κ1) is 12.9. The van der Waals surface area contributed by atoms with Crippen LogP contribution in [0.4, 0.5) is 5.69 Å². The molecule has 1 aromatic carbocycles. The van der Waals surface area contributed by atoms with Gasteiger partial charge in [-0.3, -0.25) is 4.79 Å². The molecule has 0 aliphatic rings. The van der Waals surface area contributed by atoms with Crippen LogP contribution in [0.15, 0.2) is 47.1 Å². The maximum atomic E-state index is 11.7. The van der Waals surface area contributed by atoms with E-state index in [2.05, 4.69) is 27.9 Å². The Hall–Kier alpha value is -1.56. The van der Waals surface area contributed by atoms with E-state index in [9.17, 15) is 4.79 Å². The largest absolute Gasteiger partial charge is 0.465 e. The van der Waals surface area contributed by atoms with Crippen LogP contribution in [0, 0.1) is 10.5 Å². The molecule has 2 rings (SSSR count). The van der Waals surface area contributed by atoms with Crippen molar-refractivity contribution in [1.82, 2.24) is 0 Å². The summed E-state index contributed by atoms with van der Waals surface area (Å²) in [6.07, 6.45) is 4.66. The van der Waals surface area contributed by atoms with E-state index < -0.39 is 0 Å². The number of nitrogens with one attached hydrogen (secondary N) is 1. The summed E-state index contributed by atoms with van der Waals surface area (Å²) >= 11 is 2.24. The molecule has 1 aromatic heterocycles. The molecule has 0 aliphatic carbocycles. The fourth-order valence-corrected chi connectivity index (χ4v) is 2.13. The van der Waals surface area contributed by atoms with Crippen molar-refractivity contribution in [2.75, 3.05) is 5.32 Å². The van der Waals surface area contributed by atoms with E-state index in [1.54, 1.807) is 24.5 Å². The van der Waals surface area contributed by atoms with Crippen LogP contribution in [-0.2, 0) is 4.79 Å². The SMILES string of the molecule is Cc1cc(I)ccc1NC(=O)/C=C\c1ccco1. The molecule has 0 saturated heterocycles. The Morgan fingerprint density at radius 2 is 2.22 bits per heavy atom. The highest BCUT2D eigenvalue weighted by Gasteiger charge is 2.02. The molecule has 0 saturated carbocycles. The van der Waals surface area contributed by atoms with E-state index in [-0.39, 0.29) is 5.91 Å². The van der Waals surface area contributed by atoms with Gasteiger partial charge in [0.25, 0.3) is 0 Å². The van der Waals surface area contributed by atoms with Crippen LogP contribution in [0.3, 0.4) is 0 Å². The molecule has 4 heteroatoms. The molecule has 0 unspecified atom stereocenters. The van der Waals surface area contributed by atoms with E-state index in [0.29, 0.717) is 5.76 Å². The summed E-state index contributed by atoms with van der Waals surface area (Å²) in [7, 11) is 0. The molecule has 18 heavy (non-hydrogen) atoms. The molecular weight excluding hydrogens is 341 g/mol. The van der Waals surface area contributed by atoms with Gasteiger partial charge in [0, 0.05) is 15.3 Å². The van der Waals surface area contributed by atoms with Crippen LogP contribution < -0.4 is 5.32 Å². The molecule has 3 nitrogen and oxygen atoms in total. The molecule has 0 bridgehead atoms. The van der Waals surface area contributed by atoms with Gasteiger partial charge < -0.3 is 9.73 Å². The molecule has 1 heterocycles. The quantitative estimate of drug-likeness (QED) is 0.673. The Kier molecular flexibility index (Phi) is 4.19. The number of carbonyl (C=O) groups is 1. The molecule has 0 aliphatic heterocycles. The standard InChI is InChI=1S/C14H12INO2/c1-10-9-11(15)4-6-13(10)16-14(17)7-5-12-3-2-8-18-12/h2-9H,1H3,(H,16,17)/b7-5-. The fourth-order valence-electron chi connectivity index (χ4n) is 1.49. The third-order valence-electron chi connectivity index (χ3n) is 2.39. The fraction of sp³-hybridized carbons (Fsp3) is 0.0714. The van der Waals surface area contributed by atoms with Gasteiger partial charge in [0.2, 0.25) is 5.91 Å². The third-order valence-corrected chi connectivity index (χ3v) is 3.06. The predicted molar refractivity (Wildman–Crippen MR) is 80.3 cm³/mol. The zero-order chi connectivity index (χ0) is 13.0. The minimum absolute atomic E-state index is 0.171. The summed E-state index contributed by atoms with van der Waals surface area (Å²) in [6, 6.07) is 9.45. The summed E-state index contributed by atoms with van der Waals surface area (Å²) in [4.78, 5) is 11.7. The maximum Gasteiger partial charge on any atom is 0.248 e. The van der Waals surface area contributed by atoms with Gasteiger partial charge in [-0.1, -0.05) is 0 Å². The first-order valence-electron chi connectivity index (χ1n) is 5.44. The first-order chi connectivity index (χ1) is 8.65. The van der Waals surface area contributed by atoms with Crippen LogP contribution in [0.1, 0.15) is 11.3 Å². The second-order valence-corrected chi connectivity index (χ2v) is 5.04. The Balaban J connectivity index is 2.03. The summed E-state index contributed by atoms with van der Waals surface area (Å²) in [5, 5.41) is 2.83. The van der Waals surface area contributed by atoms with Crippen molar-refractivity contribution < 1.29 is 9.21 Å². The second-order valence-electron chi connectivity index (χ2n) is 3.80. The van der Waals surface area contributed by atoms with E-state index in [4.69, 9.17) is 4.42 Å². The minimum Gasteiger partial charge on any atom is -0.465 e. The number of carbonyl (C=O) groups excluding carboxylic acids is 1. The first-order valence-corrected chi connectivity index (χ1v) is 6.52. The van der Waals surface area contributed by atoms with E-state index in [1.165, 1.54) is 6.08 Å². The normalized spacial score (nSPS) is 10.8. The Morgan fingerprint density at radius 3 is 2.89 bits per heavy atom. The highest BCUT2D eigenvalue weighted by Crippen LogP contribution is 2.17. The van der Waals surface area contributed by atoms with Crippen molar-refractivity contribution in [2.24, 2.45) is 0 Å². The number of hydrogen-bond donors (Lipinski definition) is 1. The summed E-state index contributed by atoms with van der Waals surface area (Å²) < 4.78 is 6.25. The van der Waals surface area contributed by atoms with E-state index >= 15 is 0 Å². The number of amides is 1. The average Bonchev–Trinajstić information content (AvgIpc) is 2.83. The lowest BCUT2D eigenvalue weighted by atomic mass is 10.2. The number of aryl methyl sites for hydroxylation is 1. The molecule has 1 amide bonds. The lowest BCUT2D eigenvalue weighted by Crippen LogP contribution is -2.08. The highest BCUT2D eigenvalue weighted by atomic mass is 127. The third kappa shape index (κ3) is 3.46. The van der Waals surface area contributed by atoms with Gasteiger partial charge in [-0.2, -0.15) is 0 Å². The Labute approximate surface area is 119 Å². The lowest BCUT2D eigenvalue weighted by Gasteiger charge is -2.06. The van der Waals surface area contributed by atoms with Gasteiger partial charge in [-0.25, -0.2) is 0 Å². The van der Waals surface area contributed by atoms with Crippen LogP contribution in [0.25, 0.3) is 6.08 Å². The van der Waals surface area contributed by atoms with E-state index in [1.807, 2.05) is 25.1 Å². The van der Waals surface area contributed by atoms with Crippen molar-refractivity contribution in [3.05, 3.63) is 57.6 Å². The van der Waals surface area contributed by atoms with Gasteiger partial charge in [-0.05, 0) is 71.5 Å². The van der Waals surface area contributed by atoms with Crippen molar-refractivity contribution in [2.45, 2.75) is 6.92 Å². The topological polar surface area (TPSA) is 42.2 Å². The minimum atomic E-state index is -0.171. The van der Waals surface area contributed by atoms with Crippen molar-refractivity contribution in [3.63, 3.8) is 0 Å². The maximum absolute atomic E-state index is 11.7. The number of furan rings is 1. The molecular formula is C14H12INO2. The van der Waals surface area contributed by atoms with Crippen molar-refractivity contribution in [3.8, 4) is 0 Å². The summed E-state index contributed by atoms with van der Waals surface area (Å²) in [6.45, 7) is 1.97. The lowest BCUT2D eigenvalue weighted by molar-refractivity contribution is -0.111. The number of halogens is 1. The average molecular weight is 353 g/mol. The molecule has 0 spiro atoms. The van der Waals surface area contributed by atoms with Crippen molar-refractivity contribution >= 4 is 40.3 Å². The molecule has 0 atom stereocenters. The summed E-state index contributed by atoms with van der Waals surface area (Å²) in [5.41, 5.74) is 1.87. The molecule has 92 valence electrons. The number of anilines is 1. The Bertz CT molecular complexity index is 573. The van der Waals surface area contributed by atoms with Gasteiger partial charge in [0.05, 0.1) is 6.26 Å². The summed E-state index contributed by atoms with van der Waals surface area (Å²) in [5.74, 6) is 0.486. The van der Waals surface area contributed by atoms with Crippen LogP contribution in [0.5, 0.6) is 0 Å². The van der Waals surface area contributed by atoms with E-state index in [0.717, 1.165) is 14.8 Å². The van der Waals surface area contributed by atoms with Crippen LogP contribution >= 0.6 is 22.6 Å². The number of hydrogen-bond acceptors (Lipinski definition) is 2. The number of benzene rings is 1. The molecule has 0 radical (unpaired) electrons. The zero-order valence-corrected chi connectivity index (χ0v) is 12.0. The van der Waals surface area contributed by atoms with Crippen LogP contribution in [0.2, 0.25) is 0 Å². The Morgan fingerprint density at radius 1 is 1.39 bits per heavy atom. The monoisotopic (exact) mass is 353 g/mol. The van der Waals surface area contributed by atoms with Gasteiger partial charge in [0.15, 0.2) is 0 Å². The van der Waals surface area contributed by atoms with Crippen molar-refractivity contribution in [1.29, 1.82) is 0 Å². The zero-order valence-electron chi connectivity index (χ0n) is 9.81. The molecule has 0 fully saturated rings. The molecule has 2 aromatic rings. The van der Waals surface area contributed by atoms with Gasteiger partial charge in [0.1, 0.15) is 5.76 Å². The number of rotatable bonds is 3. The van der Waals surface area contributed by atoms with Gasteiger partial charge in [-0.15, -0.1) is 0 Å². The smallest absolute Gasteiger partial charge is 0.248 e. The predicted octanol–water partition coefficient (Wildman–Crippen LogP) is 3.84.